The molecule has 12 aromatic rings. The summed E-state index contributed by atoms with van der Waals surface area (Å²) in [6.07, 6.45) is 0. The molecular formula is C58H37N3. The maximum absolute atomic E-state index is 5.33. The largest absolute Gasteiger partial charge is 0.309 e. The van der Waals surface area contributed by atoms with Crippen molar-refractivity contribution in [3.63, 3.8) is 0 Å². The highest BCUT2D eigenvalue weighted by Gasteiger charge is 2.17. The van der Waals surface area contributed by atoms with E-state index in [0.717, 1.165) is 44.5 Å². The summed E-state index contributed by atoms with van der Waals surface area (Å²) in [5.41, 5.74) is 14.3. The van der Waals surface area contributed by atoms with Crippen LogP contribution in [0, 0.1) is 0 Å². The Morgan fingerprint density at radius 2 is 0.689 bits per heavy atom. The fourth-order valence-electron chi connectivity index (χ4n) is 9.02. The normalized spacial score (nSPS) is 11.6. The number of hydrogen-bond acceptors (Lipinski definition) is 2. The Morgan fingerprint density at radius 3 is 1.21 bits per heavy atom. The smallest absolute Gasteiger partial charge is 0.160 e. The van der Waals surface area contributed by atoms with Gasteiger partial charge in [0.1, 0.15) is 0 Å². The van der Waals surface area contributed by atoms with Crippen molar-refractivity contribution in [2.75, 3.05) is 0 Å². The SMILES string of the molecule is c1ccc(-c2ccc(-c3ccc4c(-c5ccc(-c6ccccc6)cc5)nc(-c5ccc(-n6c7cc8ccccc8cc7c7cc8ccccc8cc76)cc5)nc4c3)cc2)cc1. The van der Waals surface area contributed by atoms with E-state index in [1.807, 2.05) is 0 Å². The van der Waals surface area contributed by atoms with Gasteiger partial charge in [0.15, 0.2) is 5.82 Å². The van der Waals surface area contributed by atoms with Crippen LogP contribution in [0.2, 0.25) is 0 Å². The van der Waals surface area contributed by atoms with Gasteiger partial charge in [0, 0.05) is 33.0 Å². The van der Waals surface area contributed by atoms with Crippen LogP contribution in [0.25, 0.3) is 116 Å². The van der Waals surface area contributed by atoms with Crippen LogP contribution in [0.4, 0.5) is 0 Å². The maximum Gasteiger partial charge on any atom is 0.160 e. The Hall–Kier alpha value is -8.14. The van der Waals surface area contributed by atoms with Gasteiger partial charge < -0.3 is 4.57 Å². The lowest BCUT2D eigenvalue weighted by Gasteiger charge is -2.13. The zero-order chi connectivity index (χ0) is 40.3. The van der Waals surface area contributed by atoms with Crippen LogP contribution in [0.5, 0.6) is 0 Å². The average Bonchev–Trinajstić information content (AvgIpc) is 3.64. The summed E-state index contributed by atoms with van der Waals surface area (Å²) in [4.78, 5) is 10.6. The Morgan fingerprint density at radius 1 is 0.279 bits per heavy atom. The molecule has 0 saturated heterocycles. The van der Waals surface area contributed by atoms with E-state index >= 15 is 0 Å². The van der Waals surface area contributed by atoms with Crippen molar-refractivity contribution < 1.29 is 0 Å². The van der Waals surface area contributed by atoms with Crippen LogP contribution in [0.1, 0.15) is 0 Å². The van der Waals surface area contributed by atoms with Crippen LogP contribution in [-0.2, 0) is 0 Å². The highest BCUT2D eigenvalue weighted by Crippen LogP contribution is 2.39. The van der Waals surface area contributed by atoms with Crippen molar-refractivity contribution in [1.82, 2.24) is 14.5 Å². The molecule has 3 heteroatoms. The second-order valence-electron chi connectivity index (χ2n) is 15.8. The third-order valence-corrected chi connectivity index (χ3v) is 12.2. The average molecular weight is 776 g/mol. The highest BCUT2D eigenvalue weighted by atomic mass is 15.0. The number of aromatic nitrogens is 3. The molecule has 0 atom stereocenters. The van der Waals surface area contributed by atoms with E-state index in [4.69, 9.17) is 9.97 Å². The minimum Gasteiger partial charge on any atom is -0.309 e. The first kappa shape index (κ1) is 34.9. The van der Waals surface area contributed by atoms with Gasteiger partial charge in [0.05, 0.1) is 22.2 Å². The van der Waals surface area contributed by atoms with Gasteiger partial charge in [0.2, 0.25) is 0 Å². The van der Waals surface area contributed by atoms with Gasteiger partial charge >= 0.3 is 0 Å². The number of fused-ring (bicyclic) bond motifs is 6. The summed E-state index contributed by atoms with van der Waals surface area (Å²) in [5, 5.41) is 8.43. The molecule has 61 heavy (non-hydrogen) atoms. The molecule has 0 amide bonds. The van der Waals surface area contributed by atoms with Crippen molar-refractivity contribution in [1.29, 1.82) is 0 Å². The Bertz CT molecular complexity index is 3500. The van der Waals surface area contributed by atoms with Gasteiger partial charge in [-0.15, -0.1) is 0 Å². The van der Waals surface area contributed by atoms with Gasteiger partial charge in [-0.1, -0.05) is 164 Å². The first-order valence-electron chi connectivity index (χ1n) is 20.8. The standard InChI is InChI=1S/C58H37N3/c1-3-11-38(12-4-1)40-19-21-42(22-20-40)49-29-32-51-54(35-49)59-58(60-57(51)43-25-23-41(24-26-43)39-13-5-2-6-14-39)44-27-30-50(31-28-44)61-55-36-47-17-9-7-15-45(47)33-52(55)53-34-46-16-8-10-18-48(46)37-56(53)61/h1-37H. The third kappa shape index (κ3) is 6.14. The first-order chi connectivity index (χ1) is 30.2. The van der Waals surface area contributed by atoms with Gasteiger partial charge in [-0.25, -0.2) is 9.97 Å². The molecule has 284 valence electrons. The Balaban J connectivity index is 0.994. The van der Waals surface area contributed by atoms with Crippen LogP contribution in [0.15, 0.2) is 224 Å². The summed E-state index contributed by atoms with van der Waals surface area (Å²) in [5.74, 6) is 0.692. The van der Waals surface area contributed by atoms with Gasteiger partial charge in [-0.2, -0.15) is 0 Å². The van der Waals surface area contributed by atoms with E-state index in [1.165, 1.54) is 65.6 Å². The minimum atomic E-state index is 0.692. The Kier molecular flexibility index (Phi) is 8.17. The van der Waals surface area contributed by atoms with E-state index in [1.54, 1.807) is 0 Å². The van der Waals surface area contributed by atoms with Gasteiger partial charge in [-0.05, 0) is 116 Å². The van der Waals surface area contributed by atoms with Crippen LogP contribution < -0.4 is 0 Å². The van der Waals surface area contributed by atoms with Gasteiger partial charge in [0.25, 0.3) is 0 Å². The molecule has 0 aliphatic carbocycles. The molecule has 0 saturated carbocycles. The summed E-state index contributed by atoms with van der Waals surface area (Å²) in [7, 11) is 0. The maximum atomic E-state index is 5.33. The van der Waals surface area contributed by atoms with E-state index in [-0.39, 0.29) is 0 Å². The molecule has 0 aliphatic rings. The zero-order valence-corrected chi connectivity index (χ0v) is 33.2. The van der Waals surface area contributed by atoms with E-state index in [0.29, 0.717) is 5.82 Å². The second kappa shape index (κ2) is 14.3. The minimum absolute atomic E-state index is 0.692. The number of hydrogen-bond donors (Lipinski definition) is 0. The Labute approximate surface area is 353 Å². The lowest BCUT2D eigenvalue weighted by atomic mass is 9.97. The van der Waals surface area contributed by atoms with Crippen LogP contribution >= 0.6 is 0 Å². The molecule has 0 N–H and O–H groups in total. The van der Waals surface area contributed by atoms with E-state index in [2.05, 4.69) is 229 Å². The molecule has 0 radical (unpaired) electrons. The quantitative estimate of drug-likeness (QED) is 0.168. The molecule has 3 nitrogen and oxygen atoms in total. The highest BCUT2D eigenvalue weighted by molar-refractivity contribution is 6.16. The van der Waals surface area contributed by atoms with E-state index < -0.39 is 0 Å². The molecule has 2 heterocycles. The van der Waals surface area contributed by atoms with Gasteiger partial charge in [-0.3, -0.25) is 0 Å². The third-order valence-electron chi connectivity index (χ3n) is 12.2. The summed E-state index contributed by atoms with van der Waals surface area (Å²) < 4.78 is 2.41. The van der Waals surface area contributed by atoms with Crippen molar-refractivity contribution in [2.45, 2.75) is 0 Å². The molecule has 0 aliphatic heterocycles. The van der Waals surface area contributed by atoms with Crippen molar-refractivity contribution >= 4 is 54.3 Å². The molecule has 12 rings (SSSR count). The number of nitrogens with zero attached hydrogens (tertiary/aromatic N) is 3. The van der Waals surface area contributed by atoms with Crippen LogP contribution in [0.3, 0.4) is 0 Å². The van der Waals surface area contributed by atoms with E-state index in [9.17, 15) is 0 Å². The van der Waals surface area contributed by atoms with Crippen molar-refractivity contribution in [3.05, 3.63) is 224 Å². The molecule has 0 fully saturated rings. The lowest BCUT2D eigenvalue weighted by Crippen LogP contribution is -1.97. The molecule has 2 aromatic heterocycles. The van der Waals surface area contributed by atoms with Crippen LogP contribution in [-0.4, -0.2) is 14.5 Å². The van der Waals surface area contributed by atoms with Crippen molar-refractivity contribution in [3.8, 4) is 61.7 Å². The topological polar surface area (TPSA) is 30.7 Å². The fraction of sp³-hybridized carbons (Fsp3) is 0. The number of benzene rings is 10. The number of rotatable bonds is 6. The zero-order valence-electron chi connectivity index (χ0n) is 33.2. The van der Waals surface area contributed by atoms with Crippen molar-refractivity contribution in [2.24, 2.45) is 0 Å². The first-order valence-corrected chi connectivity index (χ1v) is 20.8. The summed E-state index contributed by atoms with van der Waals surface area (Å²) in [6, 6.07) is 80.5. The molecule has 10 aromatic carbocycles. The fourth-order valence-corrected chi connectivity index (χ4v) is 9.02. The predicted octanol–water partition coefficient (Wildman–Crippen LogP) is 15.4. The summed E-state index contributed by atoms with van der Waals surface area (Å²) >= 11 is 0. The monoisotopic (exact) mass is 775 g/mol. The lowest BCUT2D eigenvalue weighted by molar-refractivity contribution is 1.18. The molecule has 0 unspecified atom stereocenters. The molecule has 0 bridgehead atoms. The molecule has 0 spiro atoms. The predicted molar refractivity (Wildman–Crippen MR) is 256 cm³/mol. The second-order valence-corrected chi connectivity index (χ2v) is 15.8. The summed E-state index contributed by atoms with van der Waals surface area (Å²) in [6.45, 7) is 0. The molecular weight excluding hydrogens is 739 g/mol.